The van der Waals surface area contributed by atoms with Gasteiger partial charge in [0, 0.05) is 18.8 Å². The van der Waals surface area contributed by atoms with Gasteiger partial charge in [0.2, 0.25) is 5.91 Å². The third kappa shape index (κ3) is 7.37. The van der Waals surface area contributed by atoms with Gasteiger partial charge in [0.05, 0.1) is 38.0 Å². The monoisotopic (exact) mass is 397 g/mol. The van der Waals surface area contributed by atoms with Crippen LogP contribution in [0.5, 0.6) is 0 Å². The first-order valence-electron chi connectivity index (χ1n) is 9.92. The number of ether oxygens (including phenoxy) is 2. The standard InChI is InChI=1S/C20H31N3O3.ClH/c24-20(9-14-25-16-19-7-4-13-26-19)23(15-17-5-1-2-11-22-17)18-6-3-10-21-12-8-18;/h1-2,5,11,18-19,21H,3-4,6-10,12-16H2;1H. The molecule has 2 unspecified atom stereocenters. The second-order valence-electron chi connectivity index (χ2n) is 7.14. The zero-order chi connectivity index (χ0) is 18.0. The number of hydrogen-bond acceptors (Lipinski definition) is 5. The van der Waals surface area contributed by atoms with E-state index in [1.807, 2.05) is 23.1 Å². The summed E-state index contributed by atoms with van der Waals surface area (Å²) in [5.41, 5.74) is 0.943. The summed E-state index contributed by atoms with van der Waals surface area (Å²) < 4.78 is 11.3. The van der Waals surface area contributed by atoms with Gasteiger partial charge in [-0.3, -0.25) is 9.78 Å². The number of carbonyl (C=O) groups is 1. The van der Waals surface area contributed by atoms with E-state index in [1.54, 1.807) is 6.20 Å². The van der Waals surface area contributed by atoms with Gasteiger partial charge in [0.1, 0.15) is 0 Å². The van der Waals surface area contributed by atoms with Crippen LogP contribution in [-0.2, 0) is 20.8 Å². The minimum absolute atomic E-state index is 0. The summed E-state index contributed by atoms with van der Waals surface area (Å²) in [4.78, 5) is 19.4. The normalized spacial score (nSPS) is 22.7. The van der Waals surface area contributed by atoms with Crippen molar-refractivity contribution in [2.45, 2.75) is 57.2 Å². The SMILES string of the molecule is Cl.O=C(CCOCC1CCCO1)N(Cc1ccccn1)C1CCCNCC1. The first kappa shape index (κ1) is 22.1. The third-order valence-corrected chi connectivity index (χ3v) is 5.15. The molecule has 2 aliphatic heterocycles. The highest BCUT2D eigenvalue weighted by Gasteiger charge is 2.25. The fourth-order valence-electron chi connectivity index (χ4n) is 3.69. The highest BCUT2D eigenvalue weighted by molar-refractivity contribution is 5.85. The van der Waals surface area contributed by atoms with E-state index in [4.69, 9.17) is 9.47 Å². The Morgan fingerprint density at radius 1 is 1.26 bits per heavy atom. The van der Waals surface area contributed by atoms with Gasteiger partial charge in [-0.05, 0) is 57.3 Å². The number of rotatable bonds is 8. The third-order valence-electron chi connectivity index (χ3n) is 5.15. The number of pyridine rings is 1. The van der Waals surface area contributed by atoms with Crippen molar-refractivity contribution in [1.82, 2.24) is 15.2 Å². The first-order chi connectivity index (χ1) is 12.8. The summed E-state index contributed by atoms with van der Waals surface area (Å²) >= 11 is 0. The van der Waals surface area contributed by atoms with Crippen LogP contribution in [0.2, 0.25) is 0 Å². The van der Waals surface area contributed by atoms with E-state index in [2.05, 4.69) is 10.3 Å². The highest BCUT2D eigenvalue weighted by atomic mass is 35.5. The minimum Gasteiger partial charge on any atom is -0.378 e. The maximum absolute atomic E-state index is 12.9. The summed E-state index contributed by atoms with van der Waals surface area (Å²) in [6.07, 6.45) is 7.74. The van der Waals surface area contributed by atoms with Crippen LogP contribution >= 0.6 is 12.4 Å². The second kappa shape index (κ2) is 12.3. The minimum atomic E-state index is 0. The van der Waals surface area contributed by atoms with Gasteiger partial charge in [0.15, 0.2) is 0 Å². The molecule has 0 saturated carbocycles. The Hall–Kier alpha value is -1.21. The van der Waals surface area contributed by atoms with Crippen molar-refractivity contribution in [3.63, 3.8) is 0 Å². The van der Waals surface area contributed by atoms with Gasteiger partial charge in [-0.25, -0.2) is 0 Å². The number of nitrogens with one attached hydrogen (secondary N) is 1. The van der Waals surface area contributed by atoms with E-state index in [1.165, 1.54) is 0 Å². The van der Waals surface area contributed by atoms with Crippen LogP contribution < -0.4 is 5.32 Å². The molecule has 0 aromatic carbocycles. The Morgan fingerprint density at radius 3 is 2.96 bits per heavy atom. The van der Waals surface area contributed by atoms with Crippen molar-refractivity contribution in [2.75, 3.05) is 32.9 Å². The molecular weight excluding hydrogens is 366 g/mol. The molecule has 152 valence electrons. The summed E-state index contributed by atoms with van der Waals surface area (Å²) in [5.74, 6) is 0.162. The van der Waals surface area contributed by atoms with Crippen molar-refractivity contribution in [2.24, 2.45) is 0 Å². The van der Waals surface area contributed by atoms with E-state index in [0.717, 1.165) is 57.5 Å². The zero-order valence-corrected chi connectivity index (χ0v) is 16.8. The van der Waals surface area contributed by atoms with Crippen molar-refractivity contribution in [3.8, 4) is 0 Å². The summed E-state index contributed by atoms with van der Waals surface area (Å²) in [6, 6.07) is 6.15. The quantitative estimate of drug-likeness (QED) is 0.683. The average Bonchev–Trinajstić information content (AvgIpc) is 3.05. The molecule has 1 amide bonds. The van der Waals surface area contributed by atoms with Gasteiger partial charge >= 0.3 is 0 Å². The zero-order valence-electron chi connectivity index (χ0n) is 16.0. The molecule has 0 spiro atoms. The van der Waals surface area contributed by atoms with Crippen molar-refractivity contribution in [1.29, 1.82) is 0 Å². The van der Waals surface area contributed by atoms with Gasteiger partial charge in [-0.15, -0.1) is 12.4 Å². The van der Waals surface area contributed by atoms with Crippen LogP contribution in [0.25, 0.3) is 0 Å². The van der Waals surface area contributed by atoms with E-state index < -0.39 is 0 Å². The Labute approximate surface area is 168 Å². The summed E-state index contributed by atoms with van der Waals surface area (Å²) in [7, 11) is 0. The van der Waals surface area contributed by atoms with Gasteiger partial charge in [-0.1, -0.05) is 6.07 Å². The molecule has 27 heavy (non-hydrogen) atoms. The lowest BCUT2D eigenvalue weighted by Gasteiger charge is -2.31. The maximum atomic E-state index is 12.9. The predicted molar refractivity (Wildman–Crippen MR) is 107 cm³/mol. The van der Waals surface area contributed by atoms with Crippen LogP contribution in [0, 0.1) is 0 Å². The molecule has 1 aromatic heterocycles. The van der Waals surface area contributed by atoms with Crippen LogP contribution in [0.3, 0.4) is 0 Å². The van der Waals surface area contributed by atoms with Crippen molar-refractivity contribution < 1.29 is 14.3 Å². The first-order valence-corrected chi connectivity index (χ1v) is 9.92. The van der Waals surface area contributed by atoms with Crippen molar-refractivity contribution >= 4 is 18.3 Å². The maximum Gasteiger partial charge on any atom is 0.225 e. The molecule has 0 radical (unpaired) electrons. The van der Waals surface area contributed by atoms with E-state index >= 15 is 0 Å². The lowest BCUT2D eigenvalue weighted by atomic mass is 10.1. The van der Waals surface area contributed by atoms with Crippen LogP contribution in [-0.4, -0.2) is 60.8 Å². The van der Waals surface area contributed by atoms with Gasteiger partial charge in [-0.2, -0.15) is 0 Å². The molecule has 3 rings (SSSR count). The lowest BCUT2D eigenvalue weighted by molar-refractivity contribution is -0.136. The number of carbonyl (C=O) groups excluding carboxylic acids is 1. The second-order valence-corrected chi connectivity index (χ2v) is 7.14. The highest BCUT2D eigenvalue weighted by Crippen LogP contribution is 2.18. The van der Waals surface area contributed by atoms with Gasteiger partial charge in [0.25, 0.3) is 0 Å². The molecular formula is C20H32ClN3O3. The van der Waals surface area contributed by atoms with Crippen molar-refractivity contribution in [3.05, 3.63) is 30.1 Å². The summed E-state index contributed by atoms with van der Waals surface area (Å²) in [5, 5.41) is 3.43. The Balaban J connectivity index is 0.00000261. The Morgan fingerprint density at radius 2 is 2.19 bits per heavy atom. The number of aromatic nitrogens is 1. The van der Waals surface area contributed by atoms with Crippen LogP contribution in [0.1, 0.15) is 44.2 Å². The van der Waals surface area contributed by atoms with Crippen LogP contribution in [0.4, 0.5) is 0 Å². The number of nitrogens with zero attached hydrogens (tertiary/aromatic N) is 2. The average molecular weight is 398 g/mol. The molecule has 1 aromatic rings. The van der Waals surface area contributed by atoms with Crippen LogP contribution in [0.15, 0.2) is 24.4 Å². The van der Waals surface area contributed by atoms with E-state index in [9.17, 15) is 4.79 Å². The topological polar surface area (TPSA) is 63.7 Å². The number of halogens is 1. The summed E-state index contributed by atoms with van der Waals surface area (Å²) in [6.45, 7) is 4.47. The number of amides is 1. The van der Waals surface area contributed by atoms with Gasteiger partial charge < -0.3 is 19.7 Å². The lowest BCUT2D eigenvalue weighted by Crippen LogP contribution is -2.41. The molecule has 2 aliphatic rings. The Bertz CT molecular complexity index is 533. The molecule has 0 aliphatic carbocycles. The smallest absolute Gasteiger partial charge is 0.225 e. The Kier molecular flexibility index (Phi) is 10.1. The molecule has 2 fully saturated rings. The largest absolute Gasteiger partial charge is 0.378 e. The predicted octanol–water partition coefficient (Wildman–Crippen LogP) is 2.56. The molecule has 2 atom stereocenters. The molecule has 6 nitrogen and oxygen atoms in total. The van der Waals surface area contributed by atoms with E-state index in [-0.39, 0.29) is 30.5 Å². The molecule has 2 saturated heterocycles. The van der Waals surface area contributed by atoms with E-state index in [0.29, 0.717) is 26.2 Å². The fraction of sp³-hybridized carbons (Fsp3) is 0.700. The molecule has 0 bridgehead atoms. The molecule has 1 N–H and O–H groups in total. The molecule has 3 heterocycles. The fourth-order valence-corrected chi connectivity index (χ4v) is 3.69. The number of hydrogen-bond donors (Lipinski definition) is 1. The molecule has 7 heteroatoms.